The maximum atomic E-state index is 12.0. The Balaban J connectivity index is 2.96. The predicted molar refractivity (Wildman–Crippen MR) is 66.2 cm³/mol. The number of carbonyl (C=O) groups is 1. The lowest BCUT2D eigenvalue weighted by Gasteiger charge is -2.28. The minimum atomic E-state index is -4.00. The fraction of sp³-hybridized carbons (Fsp3) is 0.909. The van der Waals surface area contributed by atoms with Gasteiger partial charge in [0.05, 0.1) is 12.6 Å². The van der Waals surface area contributed by atoms with E-state index in [1.807, 2.05) is 13.8 Å². The van der Waals surface area contributed by atoms with Crippen molar-refractivity contribution in [1.29, 1.82) is 0 Å². The van der Waals surface area contributed by atoms with Crippen LogP contribution >= 0.6 is 0 Å². The molecule has 0 radical (unpaired) electrons. The monoisotopic (exact) mass is 279 g/mol. The van der Waals surface area contributed by atoms with Gasteiger partial charge in [0.15, 0.2) is 0 Å². The van der Waals surface area contributed by atoms with Gasteiger partial charge in [-0.1, -0.05) is 20.3 Å². The molecule has 1 aliphatic heterocycles. The molecule has 0 aliphatic carbocycles. The summed E-state index contributed by atoms with van der Waals surface area (Å²) in [7, 11) is -4.00. The molecular weight excluding hydrogens is 258 g/mol. The molecule has 1 saturated heterocycles. The molecule has 1 aliphatic rings. The molecule has 1 rings (SSSR count). The molecule has 0 saturated carbocycles. The number of ether oxygens (including phenoxy) is 1. The van der Waals surface area contributed by atoms with E-state index in [2.05, 4.69) is 0 Å². The molecule has 0 N–H and O–H groups in total. The lowest BCUT2D eigenvalue weighted by Crippen LogP contribution is -2.45. The van der Waals surface area contributed by atoms with Crippen molar-refractivity contribution >= 4 is 16.4 Å². The summed E-state index contributed by atoms with van der Waals surface area (Å²) >= 11 is 0. The normalized spacial score (nSPS) is 24.9. The summed E-state index contributed by atoms with van der Waals surface area (Å²) in [5.74, 6) is 0.0230. The van der Waals surface area contributed by atoms with Crippen LogP contribution in [-0.2, 0) is 19.2 Å². The maximum Gasteiger partial charge on any atom is 0.426 e. The molecule has 0 aromatic carbocycles. The van der Waals surface area contributed by atoms with Crippen LogP contribution in [-0.4, -0.2) is 37.1 Å². The molecule has 18 heavy (non-hydrogen) atoms. The smallest absolute Gasteiger partial charge is 0.426 e. The van der Waals surface area contributed by atoms with Crippen LogP contribution in [0.4, 0.5) is 4.79 Å². The summed E-state index contributed by atoms with van der Waals surface area (Å²) in [6.07, 6.45) is -0.117. The van der Waals surface area contributed by atoms with Gasteiger partial charge in [-0.25, -0.2) is 4.79 Å². The van der Waals surface area contributed by atoms with Crippen LogP contribution < -0.4 is 0 Å². The predicted octanol–water partition coefficient (Wildman–Crippen LogP) is 1.91. The zero-order valence-corrected chi connectivity index (χ0v) is 12.3. The van der Waals surface area contributed by atoms with E-state index in [1.165, 1.54) is 0 Å². The second kappa shape index (κ2) is 5.05. The van der Waals surface area contributed by atoms with Crippen LogP contribution in [0.25, 0.3) is 0 Å². The van der Waals surface area contributed by atoms with Crippen molar-refractivity contribution in [2.75, 3.05) is 6.61 Å². The summed E-state index contributed by atoms with van der Waals surface area (Å²) in [4.78, 5) is 12.0. The van der Waals surface area contributed by atoms with Gasteiger partial charge in [-0.05, 0) is 26.7 Å². The van der Waals surface area contributed by atoms with Gasteiger partial charge in [0.2, 0.25) is 0 Å². The van der Waals surface area contributed by atoms with Crippen molar-refractivity contribution in [2.24, 2.45) is 5.92 Å². The van der Waals surface area contributed by atoms with Crippen molar-refractivity contribution in [1.82, 2.24) is 4.31 Å². The number of carbonyl (C=O) groups excluding carboxylic acids is 1. The zero-order valence-electron chi connectivity index (χ0n) is 11.5. The third-order valence-electron chi connectivity index (χ3n) is 2.80. The van der Waals surface area contributed by atoms with E-state index < -0.39 is 28.0 Å². The minimum absolute atomic E-state index is 0.00339. The van der Waals surface area contributed by atoms with Crippen LogP contribution in [0, 0.1) is 5.92 Å². The standard InChI is InChI=1S/C11H21NO5S/c1-6-8(2)9-7-16-18(14,15)12(9)10(13)17-11(3,4)5/h8-9H,6-7H2,1-5H3/t8-,9+/m0/s1. The van der Waals surface area contributed by atoms with E-state index in [-0.39, 0.29) is 12.5 Å². The molecule has 0 spiro atoms. The SMILES string of the molecule is CC[C@H](C)[C@H]1COS(=O)(=O)N1C(=O)OC(C)(C)C. The second-order valence-electron chi connectivity index (χ2n) is 5.47. The lowest BCUT2D eigenvalue weighted by molar-refractivity contribution is 0.0325. The van der Waals surface area contributed by atoms with Gasteiger partial charge in [-0.2, -0.15) is 12.7 Å². The molecule has 106 valence electrons. The van der Waals surface area contributed by atoms with Crippen molar-refractivity contribution in [3.8, 4) is 0 Å². The maximum absolute atomic E-state index is 12.0. The molecule has 1 amide bonds. The Kier molecular flexibility index (Phi) is 4.27. The Morgan fingerprint density at radius 2 is 2.06 bits per heavy atom. The summed E-state index contributed by atoms with van der Waals surface area (Å²) in [5, 5.41) is 0. The van der Waals surface area contributed by atoms with E-state index in [1.54, 1.807) is 20.8 Å². The Morgan fingerprint density at radius 3 is 2.50 bits per heavy atom. The molecule has 0 bridgehead atoms. The zero-order chi connectivity index (χ0) is 14.1. The Hall–Kier alpha value is -0.820. The van der Waals surface area contributed by atoms with Gasteiger partial charge in [0.25, 0.3) is 0 Å². The Morgan fingerprint density at radius 1 is 1.50 bits per heavy atom. The highest BCUT2D eigenvalue weighted by molar-refractivity contribution is 7.85. The Labute approximate surface area is 109 Å². The summed E-state index contributed by atoms with van der Waals surface area (Å²) in [6.45, 7) is 8.87. The molecule has 1 heterocycles. The first-order valence-corrected chi connectivity index (χ1v) is 7.36. The largest absolute Gasteiger partial charge is 0.443 e. The molecule has 7 heteroatoms. The van der Waals surface area contributed by atoms with E-state index in [4.69, 9.17) is 8.92 Å². The number of rotatable bonds is 2. The third-order valence-corrected chi connectivity index (χ3v) is 4.14. The van der Waals surface area contributed by atoms with Crippen molar-refractivity contribution in [3.05, 3.63) is 0 Å². The first-order valence-electron chi connectivity index (χ1n) is 6.00. The topological polar surface area (TPSA) is 72.9 Å². The van der Waals surface area contributed by atoms with Gasteiger partial charge in [0, 0.05) is 0 Å². The quantitative estimate of drug-likeness (QED) is 0.772. The van der Waals surface area contributed by atoms with E-state index in [0.717, 1.165) is 10.7 Å². The van der Waals surface area contributed by atoms with Crippen LogP contribution in [0.2, 0.25) is 0 Å². The molecule has 0 aromatic rings. The van der Waals surface area contributed by atoms with Crippen molar-refractivity contribution in [2.45, 2.75) is 52.7 Å². The Bertz CT molecular complexity index is 412. The van der Waals surface area contributed by atoms with Gasteiger partial charge in [-0.15, -0.1) is 0 Å². The number of nitrogens with zero attached hydrogens (tertiary/aromatic N) is 1. The highest BCUT2D eigenvalue weighted by Crippen LogP contribution is 2.28. The molecule has 0 unspecified atom stereocenters. The summed E-state index contributed by atoms with van der Waals surface area (Å²) < 4.78 is 34.0. The first kappa shape index (κ1) is 15.2. The number of amides is 1. The third kappa shape index (κ3) is 3.35. The molecule has 2 atom stereocenters. The van der Waals surface area contributed by atoms with Gasteiger partial charge < -0.3 is 4.74 Å². The van der Waals surface area contributed by atoms with Gasteiger partial charge >= 0.3 is 16.4 Å². The molecule has 6 nitrogen and oxygen atoms in total. The van der Waals surface area contributed by atoms with Crippen LogP contribution in [0.1, 0.15) is 41.0 Å². The molecule has 1 fully saturated rings. The summed E-state index contributed by atoms with van der Waals surface area (Å²) in [6, 6.07) is -0.491. The highest BCUT2D eigenvalue weighted by Gasteiger charge is 2.46. The molecular formula is C11H21NO5S. The van der Waals surface area contributed by atoms with Gasteiger partial charge in [0.1, 0.15) is 5.60 Å². The van der Waals surface area contributed by atoms with Crippen LogP contribution in [0.15, 0.2) is 0 Å². The van der Waals surface area contributed by atoms with Gasteiger partial charge in [-0.3, -0.25) is 4.18 Å². The lowest BCUT2D eigenvalue weighted by atomic mass is 10.0. The fourth-order valence-corrected chi connectivity index (χ4v) is 2.89. The first-order chi connectivity index (χ1) is 8.08. The number of hydrogen-bond donors (Lipinski definition) is 0. The van der Waals surface area contributed by atoms with Crippen molar-refractivity contribution < 1.29 is 22.1 Å². The second-order valence-corrected chi connectivity index (χ2v) is 6.96. The van der Waals surface area contributed by atoms with Crippen molar-refractivity contribution in [3.63, 3.8) is 0 Å². The average Bonchev–Trinajstić information content (AvgIpc) is 2.50. The number of hydrogen-bond acceptors (Lipinski definition) is 5. The highest BCUT2D eigenvalue weighted by atomic mass is 32.2. The fourth-order valence-electron chi connectivity index (χ4n) is 1.65. The summed E-state index contributed by atoms with van der Waals surface area (Å²) in [5.41, 5.74) is -0.741. The van der Waals surface area contributed by atoms with Crippen LogP contribution in [0.5, 0.6) is 0 Å². The van der Waals surface area contributed by atoms with E-state index >= 15 is 0 Å². The average molecular weight is 279 g/mol. The minimum Gasteiger partial charge on any atom is -0.443 e. The van der Waals surface area contributed by atoms with E-state index in [9.17, 15) is 13.2 Å². The van der Waals surface area contributed by atoms with E-state index in [0.29, 0.717) is 0 Å². The molecule has 0 aromatic heterocycles. The van der Waals surface area contributed by atoms with Crippen LogP contribution in [0.3, 0.4) is 0 Å².